The SMILES string of the molecule is CN=C(NCc1ccc(Cl)s1)N1CCN(Cc2ccon2)CC1.I. The van der Waals surface area contributed by atoms with Gasteiger partial charge in [0.15, 0.2) is 5.96 Å². The van der Waals surface area contributed by atoms with Crippen molar-refractivity contribution in [2.24, 2.45) is 4.99 Å². The first kappa shape index (κ1) is 19.5. The molecule has 1 saturated heterocycles. The molecular weight excluding hydrogens is 461 g/mol. The van der Waals surface area contributed by atoms with Crippen molar-refractivity contribution in [3.8, 4) is 0 Å². The van der Waals surface area contributed by atoms with E-state index in [1.807, 2.05) is 25.2 Å². The van der Waals surface area contributed by atoms with E-state index < -0.39 is 0 Å². The summed E-state index contributed by atoms with van der Waals surface area (Å²) in [7, 11) is 1.82. The summed E-state index contributed by atoms with van der Waals surface area (Å²) in [6.45, 7) is 5.45. The van der Waals surface area contributed by atoms with Gasteiger partial charge < -0.3 is 14.7 Å². The Hall–Kier alpha value is -0.840. The van der Waals surface area contributed by atoms with Crippen LogP contribution in [0.1, 0.15) is 10.6 Å². The Morgan fingerprint density at radius 1 is 1.33 bits per heavy atom. The maximum atomic E-state index is 5.97. The molecule has 0 bridgehead atoms. The second-order valence-electron chi connectivity index (χ2n) is 5.36. The van der Waals surface area contributed by atoms with Gasteiger partial charge >= 0.3 is 0 Å². The zero-order valence-corrected chi connectivity index (χ0v) is 17.3. The molecule has 6 nitrogen and oxygen atoms in total. The number of halogens is 2. The number of piperazine rings is 1. The number of nitrogens with one attached hydrogen (secondary N) is 1. The van der Waals surface area contributed by atoms with E-state index in [2.05, 4.69) is 25.3 Å². The maximum absolute atomic E-state index is 5.97. The van der Waals surface area contributed by atoms with Gasteiger partial charge in [0.05, 0.1) is 16.6 Å². The third-order valence-electron chi connectivity index (χ3n) is 3.81. The fraction of sp³-hybridized carbons (Fsp3) is 0.467. The van der Waals surface area contributed by atoms with Crippen molar-refractivity contribution in [2.45, 2.75) is 13.1 Å². The smallest absolute Gasteiger partial charge is 0.194 e. The van der Waals surface area contributed by atoms with Gasteiger partial charge in [0.25, 0.3) is 0 Å². The van der Waals surface area contributed by atoms with Gasteiger partial charge in [-0.2, -0.15) is 0 Å². The molecular formula is C15H21ClIN5OS. The molecule has 0 amide bonds. The van der Waals surface area contributed by atoms with Crippen LogP contribution in [-0.4, -0.2) is 54.1 Å². The van der Waals surface area contributed by atoms with Crippen LogP contribution < -0.4 is 5.32 Å². The molecule has 9 heteroatoms. The Bertz CT molecular complexity index is 640. The molecule has 0 unspecified atom stereocenters. The van der Waals surface area contributed by atoms with Crippen molar-refractivity contribution in [3.63, 3.8) is 0 Å². The second-order valence-corrected chi connectivity index (χ2v) is 7.16. The summed E-state index contributed by atoms with van der Waals surface area (Å²) in [4.78, 5) is 10.3. The standard InChI is InChI=1S/C15H20ClN5OS.HI/c1-17-15(18-10-13-2-3-14(16)23-13)21-7-5-20(6-8-21)11-12-4-9-22-19-12;/h2-4,9H,5-8,10-11H2,1H3,(H,17,18);1H. The average molecular weight is 482 g/mol. The molecule has 24 heavy (non-hydrogen) atoms. The van der Waals surface area contributed by atoms with E-state index >= 15 is 0 Å². The molecule has 3 rings (SSSR count). The monoisotopic (exact) mass is 481 g/mol. The molecule has 0 atom stereocenters. The number of thiophene rings is 1. The lowest BCUT2D eigenvalue weighted by Crippen LogP contribution is -2.52. The topological polar surface area (TPSA) is 56.9 Å². The number of hydrogen-bond donors (Lipinski definition) is 1. The Morgan fingerprint density at radius 3 is 2.71 bits per heavy atom. The molecule has 1 aliphatic rings. The van der Waals surface area contributed by atoms with E-state index in [-0.39, 0.29) is 24.0 Å². The minimum atomic E-state index is 0. The summed E-state index contributed by atoms with van der Waals surface area (Å²) < 4.78 is 5.70. The van der Waals surface area contributed by atoms with Crippen LogP contribution in [0.5, 0.6) is 0 Å². The number of aliphatic imine (C=N–C) groups is 1. The normalized spacial score (nSPS) is 16.1. The van der Waals surface area contributed by atoms with Crippen LogP contribution >= 0.6 is 46.9 Å². The Morgan fingerprint density at radius 2 is 2.12 bits per heavy atom. The molecule has 1 aliphatic heterocycles. The maximum Gasteiger partial charge on any atom is 0.194 e. The molecule has 3 heterocycles. The minimum Gasteiger partial charge on any atom is -0.364 e. The molecule has 0 saturated carbocycles. The largest absolute Gasteiger partial charge is 0.364 e. The van der Waals surface area contributed by atoms with Crippen LogP contribution in [0.4, 0.5) is 0 Å². The molecule has 0 spiro atoms. The number of aromatic nitrogens is 1. The zero-order valence-electron chi connectivity index (χ0n) is 13.4. The average Bonchev–Trinajstić information content (AvgIpc) is 3.21. The third kappa shape index (κ3) is 5.33. The van der Waals surface area contributed by atoms with Crippen molar-refractivity contribution in [1.82, 2.24) is 20.3 Å². The summed E-state index contributed by atoms with van der Waals surface area (Å²) in [6, 6.07) is 5.89. The fourth-order valence-corrected chi connectivity index (χ4v) is 3.64. The van der Waals surface area contributed by atoms with Crippen molar-refractivity contribution < 1.29 is 4.52 Å². The lowest BCUT2D eigenvalue weighted by atomic mass is 10.3. The predicted molar refractivity (Wildman–Crippen MR) is 108 cm³/mol. The number of nitrogens with zero attached hydrogens (tertiary/aromatic N) is 4. The van der Waals surface area contributed by atoms with Crippen molar-refractivity contribution in [2.75, 3.05) is 33.2 Å². The first-order chi connectivity index (χ1) is 11.2. The predicted octanol–water partition coefficient (Wildman–Crippen LogP) is 2.90. The van der Waals surface area contributed by atoms with Gasteiger partial charge in [-0.3, -0.25) is 9.89 Å². The van der Waals surface area contributed by atoms with E-state index in [1.165, 1.54) is 4.88 Å². The zero-order chi connectivity index (χ0) is 16.1. The number of guanidine groups is 1. The van der Waals surface area contributed by atoms with Crippen LogP contribution in [0.25, 0.3) is 0 Å². The molecule has 0 aromatic carbocycles. The van der Waals surface area contributed by atoms with E-state index in [4.69, 9.17) is 16.1 Å². The lowest BCUT2D eigenvalue weighted by molar-refractivity contribution is 0.169. The molecule has 132 valence electrons. The highest BCUT2D eigenvalue weighted by atomic mass is 127. The molecule has 2 aromatic rings. The quantitative estimate of drug-likeness (QED) is 0.413. The Balaban J connectivity index is 0.00000208. The van der Waals surface area contributed by atoms with Crippen LogP contribution in [-0.2, 0) is 13.1 Å². The van der Waals surface area contributed by atoms with E-state index in [0.29, 0.717) is 0 Å². The summed E-state index contributed by atoms with van der Waals surface area (Å²) in [5.74, 6) is 0.940. The Kier molecular flexibility index (Phi) is 7.79. The highest BCUT2D eigenvalue weighted by Gasteiger charge is 2.20. The van der Waals surface area contributed by atoms with Gasteiger partial charge in [-0.1, -0.05) is 16.8 Å². The first-order valence-electron chi connectivity index (χ1n) is 7.56. The molecule has 0 radical (unpaired) electrons. The third-order valence-corrected chi connectivity index (χ3v) is 5.04. The summed E-state index contributed by atoms with van der Waals surface area (Å²) >= 11 is 7.56. The van der Waals surface area contributed by atoms with Crippen molar-refractivity contribution in [1.29, 1.82) is 0 Å². The second kappa shape index (κ2) is 9.59. The van der Waals surface area contributed by atoms with E-state index in [0.717, 1.165) is 55.3 Å². The molecule has 1 N–H and O–H groups in total. The highest BCUT2D eigenvalue weighted by Crippen LogP contribution is 2.21. The number of hydrogen-bond acceptors (Lipinski definition) is 5. The Labute approximate surface area is 167 Å². The summed E-state index contributed by atoms with van der Waals surface area (Å²) in [6.07, 6.45) is 1.62. The van der Waals surface area contributed by atoms with Crippen LogP contribution in [0.15, 0.2) is 34.0 Å². The minimum absolute atomic E-state index is 0. The molecule has 1 fully saturated rings. The molecule has 2 aromatic heterocycles. The first-order valence-corrected chi connectivity index (χ1v) is 8.75. The van der Waals surface area contributed by atoms with Crippen molar-refractivity contribution in [3.05, 3.63) is 39.4 Å². The van der Waals surface area contributed by atoms with E-state index in [1.54, 1.807) is 17.6 Å². The highest BCUT2D eigenvalue weighted by molar-refractivity contribution is 14.0. The van der Waals surface area contributed by atoms with Gasteiger partial charge in [0.2, 0.25) is 0 Å². The summed E-state index contributed by atoms with van der Waals surface area (Å²) in [5, 5.41) is 7.38. The number of rotatable bonds is 4. The van der Waals surface area contributed by atoms with Gasteiger partial charge in [-0.05, 0) is 12.1 Å². The summed E-state index contributed by atoms with van der Waals surface area (Å²) in [5.41, 5.74) is 0.982. The van der Waals surface area contributed by atoms with Gasteiger partial charge in [-0.25, -0.2) is 0 Å². The van der Waals surface area contributed by atoms with E-state index in [9.17, 15) is 0 Å². The lowest BCUT2D eigenvalue weighted by Gasteiger charge is -2.36. The fourth-order valence-electron chi connectivity index (χ4n) is 2.61. The van der Waals surface area contributed by atoms with Gasteiger partial charge in [-0.15, -0.1) is 35.3 Å². The van der Waals surface area contributed by atoms with Crippen LogP contribution in [0.2, 0.25) is 4.34 Å². The van der Waals surface area contributed by atoms with Crippen LogP contribution in [0.3, 0.4) is 0 Å². The molecule has 0 aliphatic carbocycles. The van der Waals surface area contributed by atoms with Gasteiger partial charge in [0, 0.05) is 50.7 Å². The van der Waals surface area contributed by atoms with Crippen LogP contribution in [0, 0.1) is 0 Å². The van der Waals surface area contributed by atoms with Crippen molar-refractivity contribution >= 4 is 52.9 Å². The van der Waals surface area contributed by atoms with Gasteiger partial charge in [0.1, 0.15) is 6.26 Å².